The van der Waals surface area contributed by atoms with Crippen LogP contribution in [0.3, 0.4) is 0 Å². The van der Waals surface area contributed by atoms with Crippen LogP contribution in [0.25, 0.3) is 0 Å². The molecule has 0 aliphatic heterocycles. The van der Waals surface area contributed by atoms with Gasteiger partial charge in [0.25, 0.3) is 0 Å². The van der Waals surface area contributed by atoms with Gasteiger partial charge in [0, 0.05) is 6.26 Å². The van der Waals surface area contributed by atoms with E-state index in [-0.39, 0.29) is 10.5 Å². The summed E-state index contributed by atoms with van der Waals surface area (Å²) in [6.45, 7) is -0.963. The Balaban J connectivity index is 2.96. The Labute approximate surface area is 93.2 Å². The summed E-state index contributed by atoms with van der Waals surface area (Å²) in [4.78, 5) is 0.0947. The molecular formula is C10H13F2NO2S. The number of benzene rings is 1. The molecule has 16 heavy (non-hydrogen) atoms. The van der Waals surface area contributed by atoms with Crippen LogP contribution in [-0.2, 0) is 9.84 Å². The van der Waals surface area contributed by atoms with Gasteiger partial charge in [0.15, 0.2) is 9.84 Å². The molecule has 0 unspecified atom stereocenters. The van der Waals surface area contributed by atoms with Crippen molar-refractivity contribution in [1.82, 2.24) is 0 Å². The van der Waals surface area contributed by atoms with E-state index in [1.807, 2.05) is 0 Å². The van der Waals surface area contributed by atoms with Gasteiger partial charge in [-0.3, -0.25) is 0 Å². The van der Waals surface area contributed by atoms with E-state index in [9.17, 15) is 17.2 Å². The summed E-state index contributed by atoms with van der Waals surface area (Å²) in [7, 11) is -3.30. The van der Waals surface area contributed by atoms with Gasteiger partial charge in [0.05, 0.1) is 10.9 Å². The molecule has 0 heterocycles. The molecule has 0 fully saturated rings. The van der Waals surface area contributed by atoms with Crippen LogP contribution in [0.2, 0.25) is 0 Å². The first-order valence-electron chi connectivity index (χ1n) is 4.62. The van der Waals surface area contributed by atoms with Crippen molar-refractivity contribution in [2.24, 2.45) is 5.73 Å². The Morgan fingerprint density at radius 2 is 1.81 bits per heavy atom. The third kappa shape index (κ3) is 2.99. The highest BCUT2D eigenvalue weighted by molar-refractivity contribution is 7.90. The quantitative estimate of drug-likeness (QED) is 0.877. The first-order valence-corrected chi connectivity index (χ1v) is 6.51. The molecule has 90 valence electrons. The fourth-order valence-electron chi connectivity index (χ4n) is 1.22. The van der Waals surface area contributed by atoms with Crippen molar-refractivity contribution in [3.8, 4) is 0 Å². The zero-order valence-electron chi connectivity index (χ0n) is 8.73. The molecule has 1 aromatic carbocycles. The van der Waals surface area contributed by atoms with Gasteiger partial charge in [-0.15, -0.1) is 0 Å². The fourth-order valence-corrected chi connectivity index (χ4v) is 1.85. The van der Waals surface area contributed by atoms with Gasteiger partial charge in [-0.25, -0.2) is 17.2 Å². The lowest BCUT2D eigenvalue weighted by Gasteiger charge is -2.13. The van der Waals surface area contributed by atoms with Gasteiger partial charge < -0.3 is 5.73 Å². The van der Waals surface area contributed by atoms with Crippen molar-refractivity contribution in [2.45, 2.75) is 17.1 Å². The monoisotopic (exact) mass is 249 g/mol. The summed E-state index contributed by atoms with van der Waals surface area (Å²) in [6, 6.07) is 3.95. The summed E-state index contributed by atoms with van der Waals surface area (Å²) in [5.74, 6) is 0. The molecule has 0 aliphatic rings. The summed E-state index contributed by atoms with van der Waals surface area (Å²) in [6.07, 6.45) is -0.569. The maximum atomic E-state index is 13.4. The van der Waals surface area contributed by atoms with Crippen molar-refractivity contribution in [3.05, 3.63) is 29.8 Å². The molecule has 0 bridgehead atoms. The number of hydrogen-bond acceptors (Lipinski definition) is 3. The van der Waals surface area contributed by atoms with E-state index in [0.29, 0.717) is 0 Å². The Bertz CT molecular complexity index is 444. The van der Waals surface area contributed by atoms with Crippen molar-refractivity contribution in [2.75, 3.05) is 12.9 Å². The molecule has 0 aliphatic carbocycles. The Kier molecular flexibility index (Phi) is 3.98. The molecule has 0 radical (unpaired) electrons. The molecule has 1 rings (SSSR count). The van der Waals surface area contributed by atoms with Crippen LogP contribution in [0.4, 0.5) is 8.78 Å². The predicted octanol–water partition coefficient (Wildman–Crippen LogP) is 1.40. The van der Waals surface area contributed by atoms with Gasteiger partial charge in [-0.1, -0.05) is 12.1 Å². The van der Waals surface area contributed by atoms with Crippen LogP contribution in [-0.4, -0.2) is 27.4 Å². The largest absolute Gasteiger partial charge is 0.323 e. The third-order valence-corrected chi connectivity index (χ3v) is 3.31. The van der Waals surface area contributed by atoms with Crippen LogP contribution in [0.15, 0.2) is 29.2 Å². The van der Waals surface area contributed by atoms with Crippen molar-refractivity contribution in [1.29, 1.82) is 0 Å². The maximum Gasteiger partial charge on any atom is 0.175 e. The molecular weight excluding hydrogens is 236 g/mol. The minimum absolute atomic E-state index is 0.0947. The lowest BCUT2D eigenvalue weighted by molar-refractivity contribution is 0.251. The van der Waals surface area contributed by atoms with E-state index in [1.54, 1.807) is 0 Å². The molecule has 0 saturated heterocycles. The average Bonchev–Trinajstić information content (AvgIpc) is 2.26. The average molecular weight is 249 g/mol. The number of halogens is 2. The second-order valence-electron chi connectivity index (χ2n) is 3.56. The first kappa shape index (κ1) is 13.1. The van der Waals surface area contributed by atoms with Gasteiger partial charge >= 0.3 is 0 Å². The van der Waals surface area contributed by atoms with Crippen LogP contribution in [0.1, 0.15) is 11.7 Å². The van der Waals surface area contributed by atoms with Crippen molar-refractivity contribution >= 4 is 9.84 Å². The summed E-state index contributed by atoms with van der Waals surface area (Å²) >= 11 is 0. The summed E-state index contributed by atoms with van der Waals surface area (Å²) in [5, 5.41) is 0. The van der Waals surface area contributed by atoms with E-state index >= 15 is 0 Å². The van der Waals surface area contributed by atoms with E-state index < -0.39 is 28.7 Å². The molecule has 0 amide bonds. The number of rotatable bonds is 4. The molecule has 1 aromatic rings. The number of hydrogen-bond donors (Lipinski definition) is 1. The number of nitrogens with two attached hydrogens (primary N) is 1. The zero-order valence-corrected chi connectivity index (χ0v) is 9.55. The molecule has 0 spiro atoms. The van der Waals surface area contributed by atoms with E-state index in [0.717, 1.165) is 6.26 Å². The van der Waals surface area contributed by atoms with E-state index in [2.05, 4.69) is 0 Å². The number of alkyl halides is 2. The van der Waals surface area contributed by atoms with Crippen molar-refractivity contribution < 1.29 is 17.2 Å². The molecule has 0 aromatic heterocycles. The van der Waals surface area contributed by atoms with Crippen LogP contribution in [0, 0.1) is 0 Å². The SMILES string of the molecule is CS(=O)(=O)c1ccc([C@H](F)[C@H](N)CF)cc1. The lowest BCUT2D eigenvalue weighted by atomic mass is 10.1. The number of sulfone groups is 1. The normalized spacial score (nSPS) is 15.8. The van der Waals surface area contributed by atoms with Gasteiger partial charge in [-0.05, 0) is 17.7 Å². The second-order valence-corrected chi connectivity index (χ2v) is 5.58. The molecule has 0 saturated carbocycles. The predicted molar refractivity (Wildman–Crippen MR) is 57.4 cm³/mol. The minimum Gasteiger partial charge on any atom is -0.323 e. The minimum atomic E-state index is -3.30. The van der Waals surface area contributed by atoms with Crippen molar-refractivity contribution in [3.63, 3.8) is 0 Å². The third-order valence-electron chi connectivity index (χ3n) is 2.18. The second kappa shape index (κ2) is 4.88. The van der Waals surface area contributed by atoms with Crippen LogP contribution >= 0.6 is 0 Å². The highest BCUT2D eigenvalue weighted by Gasteiger charge is 2.19. The Hall–Kier alpha value is -1.01. The Morgan fingerprint density at radius 1 is 1.31 bits per heavy atom. The first-order chi connectivity index (χ1) is 7.36. The standard InChI is InChI=1S/C10H13F2NO2S/c1-16(14,15)8-4-2-7(3-5-8)10(12)9(13)6-11/h2-5,9-10H,6,13H2,1H3/t9-,10+/m1/s1. The highest BCUT2D eigenvalue weighted by atomic mass is 32.2. The Morgan fingerprint density at radius 3 is 2.19 bits per heavy atom. The molecule has 2 N–H and O–H groups in total. The van der Waals surface area contributed by atoms with E-state index in [1.165, 1.54) is 24.3 Å². The fraction of sp³-hybridized carbons (Fsp3) is 0.400. The maximum absolute atomic E-state index is 13.4. The molecule has 2 atom stereocenters. The lowest BCUT2D eigenvalue weighted by Crippen LogP contribution is -2.27. The molecule has 3 nitrogen and oxygen atoms in total. The van der Waals surface area contributed by atoms with Gasteiger partial charge in [0.1, 0.15) is 12.8 Å². The van der Waals surface area contributed by atoms with E-state index in [4.69, 9.17) is 5.73 Å². The van der Waals surface area contributed by atoms with Crippen LogP contribution in [0.5, 0.6) is 0 Å². The van der Waals surface area contributed by atoms with Crippen LogP contribution < -0.4 is 5.73 Å². The summed E-state index contributed by atoms with van der Waals surface area (Å²) < 4.78 is 47.8. The smallest absolute Gasteiger partial charge is 0.175 e. The van der Waals surface area contributed by atoms with Gasteiger partial charge in [0.2, 0.25) is 0 Å². The zero-order chi connectivity index (χ0) is 12.3. The summed E-state index contributed by atoms with van der Waals surface area (Å²) in [5.41, 5.74) is 5.38. The van der Waals surface area contributed by atoms with Gasteiger partial charge in [-0.2, -0.15) is 0 Å². The molecule has 6 heteroatoms. The highest BCUT2D eigenvalue weighted by Crippen LogP contribution is 2.22. The topological polar surface area (TPSA) is 60.2 Å².